The molecule has 6 rings (SSSR count). The lowest BCUT2D eigenvalue weighted by molar-refractivity contribution is -0.0238. The molecule has 0 saturated carbocycles. The summed E-state index contributed by atoms with van der Waals surface area (Å²) in [6.45, 7) is 36.5. The van der Waals surface area contributed by atoms with Gasteiger partial charge < -0.3 is 84.8 Å². The van der Waals surface area contributed by atoms with Crippen molar-refractivity contribution >= 4 is 137 Å². The van der Waals surface area contributed by atoms with E-state index in [1.54, 1.807) is 49.8 Å². The van der Waals surface area contributed by atoms with E-state index in [1.807, 2.05) is 6.92 Å². The maximum atomic E-state index is 8.17. The predicted molar refractivity (Wildman–Crippen MR) is 406 cm³/mol. The fourth-order valence-electron chi connectivity index (χ4n) is 9.33. The fourth-order valence-corrected chi connectivity index (χ4v) is 106. The maximum absolute atomic E-state index is 8.17. The molecule has 6 aliphatic rings. The van der Waals surface area contributed by atoms with Crippen LogP contribution in [-0.4, -0.2) is 193 Å². The number of hydrogen-bond acceptors (Lipinski definition) is 20. The summed E-state index contributed by atoms with van der Waals surface area (Å²) in [7, 11) is -45.6. The van der Waals surface area contributed by atoms with Gasteiger partial charge in [-0.1, -0.05) is 119 Å². The summed E-state index contributed by atoms with van der Waals surface area (Å²) in [5.41, 5.74) is 2.03. The summed E-state index contributed by atoms with van der Waals surface area (Å²) in [6, 6.07) is 0. The van der Waals surface area contributed by atoms with Gasteiger partial charge in [0.05, 0.1) is 0 Å². The van der Waals surface area contributed by atoms with Gasteiger partial charge in [-0.25, -0.2) is 0 Å². The summed E-state index contributed by atoms with van der Waals surface area (Å²) in [5.74, 6) is 0. The second-order valence-corrected chi connectivity index (χ2v) is 87.4. The second-order valence-electron chi connectivity index (χ2n) is 24.0. The zero-order chi connectivity index (χ0) is 52.5. The van der Waals surface area contributed by atoms with Crippen molar-refractivity contribution in [2.75, 3.05) is 56.4 Å². The van der Waals surface area contributed by atoms with E-state index in [0.717, 1.165) is 0 Å². The molecule has 0 aliphatic carbocycles. The van der Waals surface area contributed by atoms with Crippen LogP contribution in [0.25, 0.3) is 0 Å². The smallest absolute Gasteiger partial charge is 0.421 e. The highest BCUT2D eigenvalue weighted by molar-refractivity contribution is 7.12. The van der Waals surface area contributed by atoms with Gasteiger partial charge in [0.2, 0.25) is 0 Å². The minimum absolute atomic E-state index is 0. The lowest BCUT2D eigenvalue weighted by atomic mass is 10.9. The monoisotopic (exact) mass is 1510 g/mol. The molecule has 6 fully saturated rings. The summed E-state index contributed by atoms with van der Waals surface area (Å²) < 4.78 is 150. The molecule has 6 saturated heterocycles. The third kappa shape index (κ3) is 28.5. The first kappa shape index (κ1) is 115. The van der Waals surface area contributed by atoms with Crippen LogP contribution in [0.15, 0.2) is 0 Å². The Morgan fingerprint density at radius 1 is 0.200 bits per heavy atom. The van der Waals surface area contributed by atoms with Gasteiger partial charge in [0.15, 0.2) is 66.5 Å². The van der Waals surface area contributed by atoms with E-state index in [-0.39, 0.29) is 164 Å². The van der Waals surface area contributed by atoms with Crippen molar-refractivity contribution in [3.63, 3.8) is 0 Å². The number of rotatable bonds is 25. The van der Waals surface area contributed by atoms with Crippen LogP contribution in [0, 0.1) is 0 Å². The quantitative estimate of drug-likeness (QED) is 0.0785. The van der Waals surface area contributed by atoms with E-state index >= 15 is 0 Å². The van der Waals surface area contributed by atoms with Crippen molar-refractivity contribution in [2.24, 2.45) is 0 Å². The van der Waals surface area contributed by atoms with Gasteiger partial charge in [0.1, 0.15) is 0 Å². The summed E-state index contributed by atoms with van der Waals surface area (Å²) in [5, 5.41) is 0. The molecule has 0 amide bonds. The van der Waals surface area contributed by atoms with Crippen LogP contribution in [-0.2, 0) is 84.8 Å². The first-order valence-corrected chi connectivity index (χ1v) is 64.4. The van der Waals surface area contributed by atoms with E-state index in [2.05, 4.69) is 105 Å². The Morgan fingerprint density at radius 2 is 0.294 bits per heavy atom. The second kappa shape index (κ2) is 39.0. The minimum Gasteiger partial charge on any atom is -0.421 e. The molecule has 0 radical (unpaired) electrons. The van der Waals surface area contributed by atoms with E-state index in [9.17, 15) is 0 Å². The average molecular weight is 1510 g/mol. The Morgan fingerprint density at radius 3 is 0.376 bits per heavy atom. The Bertz CT molecular complexity index is 1630. The standard InChI is InChI=1S/C33H90O20Si16.16CH4/c1-25-41-61(23,24)33-69-51-66(30-58(17,18)38-6)45-63(27-55(11,12)35-3)42-62(26-54(9,10)34-2)43-64(47-66,28-56(13,14)36-4)49-68(53-69,32-60(21,22)40-8)50-65(44-62,29-57(15,16)37-5)48-67(46-63,52-69)31-59(19,20)39-7;;;;;;;;;;;;;;;;/h25-33H2,1-24H3;16*1H4. The van der Waals surface area contributed by atoms with Gasteiger partial charge in [-0.05, 0) is 112 Å². The molecule has 6 heterocycles. The Hall–Kier alpha value is 2.67. The van der Waals surface area contributed by atoms with Crippen LogP contribution in [0.3, 0.4) is 0 Å². The molecule has 8 bridgehead atoms. The van der Waals surface area contributed by atoms with Gasteiger partial charge >= 0.3 is 70.4 Å². The third-order valence-corrected chi connectivity index (χ3v) is 93.0. The zero-order valence-electron chi connectivity index (χ0n) is 46.5. The highest BCUT2D eigenvalue weighted by Crippen LogP contribution is 2.57. The first-order chi connectivity index (χ1) is 31.1. The predicted octanol–water partition coefficient (Wildman–Crippen LogP) is 17.5. The molecule has 0 atom stereocenters. The first-order valence-electron chi connectivity index (χ1n) is 24.0. The zero-order valence-corrected chi connectivity index (χ0v) is 62.5. The Balaban J connectivity index is -0.000000333. The maximum Gasteiger partial charge on any atom is 0.478 e. The van der Waals surface area contributed by atoms with Crippen molar-refractivity contribution in [1.29, 1.82) is 0 Å². The van der Waals surface area contributed by atoms with Crippen LogP contribution in [0.4, 0.5) is 0 Å². The highest BCUT2D eigenvalue weighted by atomic mass is 28.7. The van der Waals surface area contributed by atoms with Crippen molar-refractivity contribution in [2.45, 2.75) is 276 Å². The molecule has 0 aromatic carbocycles. The van der Waals surface area contributed by atoms with Crippen molar-refractivity contribution in [3.8, 4) is 0 Å². The van der Waals surface area contributed by atoms with Crippen LogP contribution < -0.4 is 0 Å². The molecule has 0 aromatic heterocycles. The molecule has 0 aromatic rings. The van der Waals surface area contributed by atoms with E-state index in [4.69, 9.17) is 84.8 Å². The third-order valence-electron chi connectivity index (χ3n) is 13.3. The summed E-state index contributed by atoms with van der Waals surface area (Å²) >= 11 is 0. The lowest BCUT2D eigenvalue weighted by Gasteiger charge is -2.65. The molecule has 20 nitrogen and oxygen atoms in total. The van der Waals surface area contributed by atoms with E-state index in [0.29, 0.717) is 6.61 Å². The van der Waals surface area contributed by atoms with Gasteiger partial charge in [0, 0.05) is 102 Å². The van der Waals surface area contributed by atoms with E-state index < -0.39 is 137 Å². The van der Waals surface area contributed by atoms with Crippen LogP contribution in [0.2, 0.25) is 150 Å². The normalized spacial score (nSPS) is 29.2. The van der Waals surface area contributed by atoms with Crippen LogP contribution in [0.5, 0.6) is 0 Å². The molecule has 36 heteroatoms. The molecule has 0 spiro atoms. The van der Waals surface area contributed by atoms with Crippen molar-refractivity contribution in [1.82, 2.24) is 0 Å². The number of hydrogen-bond donors (Lipinski definition) is 0. The molecule has 0 unspecified atom stereocenters. The summed E-state index contributed by atoms with van der Waals surface area (Å²) in [6.07, 6.45) is 0. The molecule has 534 valence electrons. The van der Waals surface area contributed by atoms with E-state index in [1.165, 1.54) is 0 Å². The van der Waals surface area contributed by atoms with Gasteiger partial charge in [-0.2, -0.15) is 0 Å². The largest absolute Gasteiger partial charge is 0.478 e. The van der Waals surface area contributed by atoms with Crippen molar-refractivity contribution in [3.05, 3.63) is 0 Å². The molecule has 85 heavy (non-hydrogen) atoms. The SMILES string of the molecule is C.C.C.C.C.C.C.C.C.C.C.C.C.C.C.C.CCO[Si](C)(C)C[Si]12O[Si]3(C[Si](C)(C)OC)O[Si]4(C[Si](C)(C)OC)O[Si]5(C[Si](C)(C)OC)O[Si](C[Si](C)(C)OC)(O3)O[Si](C[Si](C)(C)OC)(O[Si](C[Si](C)(C)OC)(O5)O[Si](C[Si](C)(C)OC)(O4)O1)O2. The summed E-state index contributed by atoms with van der Waals surface area (Å²) in [4.78, 5) is 0. The van der Waals surface area contributed by atoms with Gasteiger partial charge in [0.25, 0.3) is 0 Å². The minimum atomic E-state index is -4.43. The topological polar surface area (TPSA) is 185 Å². The molecular weight excluding hydrogens is 1360 g/mol. The van der Waals surface area contributed by atoms with Crippen LogP contribution >= 0.6 is 0 Å². The molecule has 6 aliphatic heterocycles. The van der Waals surface area contributed by atoms with Gasteiger partial charge in [-0.3, -0.25) is 0 Å². The fraction of sp³-hybridized carbons (Fsp3) is 1.00. The average Bonchev–Trinajstić information content (AvgIpc) is 3.13. The molecule has 0 N–H and O–H groups in total. The Kier molecular flexibility index (Phi) is 52.8. The van der Waals surface area contributed by atoms with Gasteiger partial charge in [-0.15, -0.1) is 0 Å². The van der Waals surface area contributed by atoms with Crippen LogP contribution in [0.1, 0.15) is 126 Å². The lowest BCUT2D eigenvalue weighted by Crippen LogP contribution is -2.90. The van der Waals surface area contributed by atoms with Crippen molar-refractivity contribution < 1.29 is 84.8 Å². The Labute approximate surface area is 550 Å². The highest BCUT2D eigenvalue weighted by Gasteiger charge is 2.86. The molecular formula is C49H154O20Si16.